The average molecular weight is 579 g/mol. The number of carbonyl (C=O) groups is 1. The summed E-state index contributed by atoms with van der Waals surface area (Å²) >= 11 is 5.73. The van der Waals surface area contributed by atoms with Gasteiger partial charge >= 0.3 is 5.97 Å². The molecule has 1 fully saturated rings. The van der Waals surface area contributed by atoms with Gasteiger partial charge in [-0.25, -0.2) is 0 Å². The number of nitrogens with one attached hydrogen (secondary N) is 2. The SMILES string of the molecule is COc1ccc(NC(=S)N[C@@H]2c3cc4c(cc3[C@@H](c3cc(OC)c(OC)c(OC)c3)[C@H]3C(=O)OC[C@@H]32)OCO4)cc1. The fourth-order valence-electron chi connectivity index (χ4n) is 6.01. The normalized spacial score (nSPS) is 21.7. The Labute approximate surface area is 242 Å². The Kier molecular flexibility index (Phi) is 7.12. The second-order valence-corrected chi connectivity index (χ2v) is 10.3. The van der Waals surface area contributed by atoms with E-state index in [2.05, 4.69) is 10.6 Å². The fraction of sp³-hybridized carbons (Fsp3) is 0.333. The van der Waals surface area contributed by atoms with Crippen molar-refractivity contribution in [2.45, 2.75) is 12.0 Å². The Morgan fingerprint density at radius 2 is 1.51 bits per heavy atom. The fourth-order valence-corrected chi connectivity index (χ4v) is 6.26. The predicted octanol–water partition coefficient (Wildman–Crippen LogP) is 4.41. The summed E-state index contributed by atoms with van der Waals surface area (Å²) in [4.78, 5) is 13.4. The number of hydrogen-bond acceptors (Lipinski definition) is 9. The molecule has 11 heteroatoms. The summed E-state index contributed by atoms with van der Waals surface area (Å²) in [6, 6.07) is 14.8. The van der Waals surface area contributed by atoms with Crippen molar-refractivity contribution in [1.82, 2.24) is 5.32 Å². The minimum Gasteiger partial charge on any atom is -0.497 e. The van der Waals surface area contributed by atoms with Gasteiger partial charge in [-0.1, -0.05) is 0 Å². The molecule has 0 radical (unpaired) electrons. The van der Waals surface area contributed by atoms with Crippen LogP contribution in [-0.4, -0.2) is 52.9 Å². The molecule has 0 bridgehead atoms. The molecule has 3 aliphatic rings. The topological polar surface area (TPSA) is 106 Å². The summed E-state index contributed by atoms with van der Waals surface area (Å²) in [5.41, 5.74) is 3.46. The number of ether oxygens (including phenoxy) is 7. The minimum absolute atomic E-state index is 0.123. The van der Waals surface area contributed by atoms with Crippen molar-refractivity contribution >= 4 is 29.0 Å². The molecule has 1 aliphatic carbocycles. The van der Waals surface area contributed by atoms with Crippen molar-refractivity contribution in [2.75, 3.05) is 47.2 Å². The van der Waals surface area contributed by atoms with Gasteiger partial charge in [-0.2, -0.15) is 0 Å². The van der Waals surface area contributed by atoms with E-state index in [0.717, 1.165) is 28.1 Å². The number of esters is 1. The van der Waals surface area contributed by atoms with E-state index in [1.807, 2.05) is 48.5 Å². The molecule has 0 saturated carbocycles. The Balaban J connectivity index is 1.44. The van der Waals surface area contributed by atoms with Crippen LogP contribution in [0.15, 0.2) is 48.5 Å². The molecule has 2 heterocycles. The van der Waals surface area contributed by atoms with Crippen LogP contribution in [0.25, 0.3) is 0 Å². The molecule has 3 aromatic carbocycles. The first-order chi connectivity index (χ1) is 19.9. The largest absolute Gasteiger partial charge is 0.497 e. The first kappa shape index (κ1) is 26.8. The molecular formula is C30H30N2O8S. The molecule has 6 rings (SSSR count). The number of thiocarbonyl (C=S) groups is 1. The zero-order valence-corrected chi connectivity index (χ0v) is 23.8. The third kappa shape index (κ3) is 4.69. The molecule has 3 aromatic rings. The third-order valence-corrected chi connectivity index (χ3v) is 8.09. The average Bonchev–Trinajstić information content (AvgIpc) is 3.62. The van der Waals surface area contributed by atoms with E-state index < -0.39 is 5.92 Å². The van der Waals surface area contributed by atoms with E-state index in [9.17, 15) is 4.79 Å². The van der Waals surface area contributed by atoms with Crippen molar-refractivity contribution in [2.24, 2.45) is 11.8 Å². The van der Waals surface area contributed by atoms with Crippen LogP contribution >= 0.6 is 12.2 Å². The Morgan fingerprint density at radius 1 is 0.854 bits per heavy atom. The predicted molar refractivity (Wildman–Crippen MR) is 154 cm³/mol. The quantitative estimate of drug-likeness (QED) is 0.308. The maximum Gasteiger partial charge on any atom is 0.310 e. The lowest BCUT2D eigenvalue weighted by atomic mass is 9.65. The number of methoxy groups -OCH3 is 4. The highest BCUT2D eigenvalue weighted by Gasteiger charge is 2.53. The number of carbonyl (C=O) groups excluding carboxylic acids is 1. The molecule has 41 heavy (non-hydrogen) atoms. The molecule has 0 unspecified atom stereocenters. The zero-order chi connectivity index (χ0) is 28.7. The van der Waals surface area contributed by atoms with Gasteiger partial charge in [-0.15, -0.1) is 0 Å². The Morgan fingerprint density at radius 3 is 2.12 bits per heavy atom. The molecule has 0 aromatic heterocycles. The van der Waals surface area contributed by atoms with Crippen LogP contribution in [0.1, 0.15) is 28.7 Å². The van der Waals surface area contributed by atoms with Gasteiger partial charge < -0.3 is 43.8 Å². The number of rotatable bonds is 7. The van der Waals surface area contributed by atoms with E-state index >= 15 is 0 Å². The van der Waals surface area contributed by atoms with Crippen molar-refractivity contribution in [1.29, 1.82) is 0 Å². The molecule has 2 N–H and O–H groups in total. The van der Waals surface area contributed by atoms with Crippen molar-refractivity contribution in [3.05, 3.63) is 65.2 Å². The summed E-state index contributed by atoms with van der Waals surface area (Å²) in [7, 11) is 6.31. The molecule has 0 spiro atoms. The summed E-state index contributed by atoms with van der Waals surface area (Å²) in [6.07, 6.45) is 0. The number of anilines is 1. The first-order valence-electron chi connectivity index (χ1n) is 13.1. The van der Waals surface area contributed by atoms with Gasteiger partial charge in [0, 0.05) is 17.5 Å². The maximum atomic E-state index is 13.4. The van der Waals surface area contributed by atoms with Gasteiger partial charge in [0.1, 0.15) is 5.75 Å². The second kappa shape index (κ2) is 10.9. The van der Waals surface area contributed by atoms with Crippen molar-refractivity contribution in [3.63, 3.8) is 0 Å². The zero-order valence-electron chi connectivity index (χ0n) is 23.0. The third-order valence-electron chi connectivity index (χ3n) is 7.87. The van der Waals surface area contributed by atoms with Crippen molar-refractivity contribution in [3.8, 4) is 34.5 Å². The van der Waals surface area contributed by atoms with E-state index in [-0.39, 0.29) is 37.2 Å². The Bertz CT molecular complexity index is 1470. The molecule has 214 valence electrons. The maximum absolute atomic E-state index is 13.4. The molecular weight excluding hydrogens is 548 g/mol. The highest BCUT2D eigenvalue weighted by Crippen LogP contribution is 2.55. The highest BCUT2D eigenvalue weighted by molar-refractivity contribution is 7.80. The second-order valence-electron chi connectivity index (χ2n) is 9.90. The molecule has 2 aliphatic heterocycles. The summed E-state index contributed by atoms with van der Waals surface area (Å²) in [5, 5.41) is 7.11. The van der Waals surface area contributed by atoms with Crippen LogP contribution in [0.3, 0.4) is 0 Å². The van der Waals surface area contributed by atoms with E-state index in [1.54, 1.807) is 28.4 Å². The van der Waals surface area contributed by atoms with Gasteiger partial charge in [-0.3, -0.25) is 4.79 Å². The number of cyclic esters (lactones) is 1. The van der Waals surface area contributed by atoms with Gasteiger partial charge in [0.2, 0.25) is 12.5 Å². The monoisotopic (exact) mass is 578 g/mol. The van der Waals surface area contributed by atoms with Crippen LogP contribution < -0.4 is 39.1 Å². The molecule has 0 amide bonds. The van der Waals surface area contributed by atoms with Crippen LogP contribution in [0.5, 0.6) is 34.5 Å². The van der Waals surface area contributed by atoms with Crippen LogP contribution in [0, 0.1) is 11.8 Å². The lowest BCUT2D eigenvalue weighted by molar-refractivity contribution is -0.141. The lowest BCUT2D eigenvalue weighted by Crippen LogP contribution is -2.44. The van der Waals surface area contributed by atoms with Gasteiger partial charge in [0.15, 0.2) is 28.1 Å². The van der Waals surface area contributed by atoms with Gasteiger partial charge in [-0.05, 0) is 77.4 Å². The number of fused-ring (bicyclic) bond motifs is 3. The van der Waals surface area contributed by atoms with Crippen LogP contribution in [0.2, 0.25) is 0 Å². The molecule has 4 atom stereocenters. The first-order valence-corrected chi connectivity index (χ1v) is 13.5. The number of benzene rings is 3. The lowest BCUT2D eigenvalue weighted by Gasteiger charge is -2.40. The minimum atomic E-state index is -0.507. The standard InChI is InChI=1S/C30H30N2O8S/c1-34-17-7-5-16(6-8-17)31-30(41)32-27-19-12-22-21(39-14-40-22)11-18(19)25(26-20(27)13-38-29(26)33)15-9-23(35-2)28(37-4)24(10-15)36-3/h5-12,20,25-27H,13-14H2,1-4H3,(H2,31,32,41)/t20-,25+,26-,27+/m0/s1. The van der Waals surface area contributed by atoms with Crippen LogP contribution in [-0.2, 0) is 9.53 Å². The van der Waals surface area contributed by atoms with E-state index in [1.165, 1.54) is 0 Å². The summed E-state index contributed by atoms with van der Waals surface area (Å²) in [6.45, 7) is 0.360. The van der Waals surface area contributed by atoms with Crippen LogP contribution in [0.4, 0.5) is 5.69 Å². The summed E-state index contributed by atoms with van der Waals surface area (Å²) in [5.74, 6) is 2.07. The molecule has 1 saturated heterocycles. The van der Waals surface area contributed by atoms with E-state index in [4.69, 9.17) is 45.4 Å². The van der Waals surface area contributed by atoms with E-state index in [0.29, 0.717) is 33.9 Å². The number of hydrogen-bond donors (Lipinski definition) is 2. The van der Waals surface area contributed by atoms with Crippen molar-refractivity contribution < 1.29 is 38.0 Å². The van der Waals surface area contributed by atoms with Gasteiger partial charge in [0.05, 0.1) is 47.0 Å². The smallest absolute Gasteiger partial charge is 0.310 e. The molecule has 10 nitrogen and oxygen atoms in total. The highest BCUT2D eigenvalue weighted by atomic mass is 32.1. The summed E-state index contributed by atoms with van der Waals surface area (Å²) < 4.78 is 39.3. The Hall–Kier alpha value is -4.38. The van der Waals surface area contributed by atoms with Gasteiger partial charge in [0.25, 0.3) is 0 Å².